The first-order valence-corrected chi connectivity index (χ1v) is 8.18. The summed E-state index contributed by atoms with van der Waals surface area (Å²) >= 11 is 0. The van der Waals surface area contributed by atoms with Crippen molar-refractivity contribution in [3.63, 3.8) is 0 Å². The van der Waals surface area contributed by atoms with Gasteiger partial charge in [-0.1, -0.05) is 26.7 Å². The fourth-order valence-electron chi connectivity index (χ4n) is 2.92. The Kier molecular flexibility index (Phi) is 5.06. The molecule has 0 unspecified atom stereocenters. The third-order valence-corrected chi connectivity index (χ3v) is 4.73. The lowest BCUT2D eigenvalue weighted by Crippen LogP contribution is -2.47. The molecule has 2 fully saturated rings. The molecule has 20 heavy (non-hydrogen) atoms. The summed E-state index contributed by atoms with van der Waals surface area (Å²) in [6.45, 7) is 6.73. The van der Waals surface area contributed by atoms with Gasteiger partial charge in [-0.05, 0) is 38.0 Å². The van der Waals surface area contributed by atoms with E-state index in [9.17, 15) is 9.59 Å². The quantitative estimate of drug-likeness (QED) is 0.599. The summed E-state index contributed by atoms with van der Waals surface area (Å²) in [4.78, 5) is 26.8. The Hall–Kier alpha value is -1.06. The van der Waals surface area contributed by atoms with Crippen molar-refractivity contribution in [1.29, 1.82) is 0 Å². The van der Waals surface area contributed by atoms with Gasteiger partial charge in [0.05, 0.1) is 0 Å². The van der Waals surface area contributed by atoms with Gasteiger partial charge in [0.1, 0.15) is 5.41 Å². The molecule has 2 aliphatic rings. The van der Waals surface area contributed by atoms with Gasteiger partial charge in [-0.3, -0.25) is 9.59 Å². The van der Waals surface area contributed by atoms with E-state index in [1.807, 2.05) is 4.90 Å². The van der Waals surface area contributed by atoms with E-state index in [0.717, 1.165) is 58.0 Å². The van der Waals surface area contributed by atoms with E-state index in [-0.39, 0.29) is 11.8 Å². The third kappa shape index (κ3) is 3.33. The number of likely N-dealkylation sites (tertiary alicyclic amines) is 1. The van der Waals surface area contributed by atoms with Crippen LogP contribution in [0.4, 0.5) is 0 Å². The van der Waals surface area contributed by atoms with Crippen LogP contribution >= 0.6 is 0 Å². The van der Waals surface area contributed by atoms with E-state index in [0.29, 0.717) is 12.5 Å². The second kappa shape index (κ2) is 6.59. The van der Waals surface area contributed by atoms with Gasteiger partial charge in [0.25, 0.3) is 0 Å². The zero-order valence-corrected chi connectivity index (χ0v) is 12.9. The van der Waals surface area contributed by atoms with Crippen LogP contribution in [-0.2, 0) is 9.59 Å². The number of carbonyl (C=O) groups is 2. The summed E-state index contributed by atoms with van der Waals surface area (Å²) in [5.74, 6) is 0.756. The molecule has 0 bridgehead atoms. The molecule has 1 N–H and O–H groups in total. The summed E-state index contributed by atoms with van der Waals surface area (Å²) in [7, 11) is 0. The Morgan fingerprint density at radius 3 is 2.40 bits per heavy atom. The van der Waals surface area contributed by atoms with Crippen LogP contribution in [0.3, 0.4) is 0 Å². The minimum Gasteiger partial charge on any atom is -0.355 e. The number of amides is 2. The van der Waals surface area contributed by atoms with Crippen molar-refractivity contribution >= 4 is 11.8 Å². The van der Waals surface area contributed by atoms with Gasteiger partial charge in [0, 0.05) is 19.6 Å². The van der Waals surface area contributed by atoms with Crippen LogP contribution < -0.4 is 5.32 Å². The van der Waals surface area contributed by atoms with Crippen LogP contribution in [0.15, 0.2) is 0 Å². The molecular formula is C16H28N2O2. The molecule has 1 saturated heterocycles. The highest BCUT2D eigenvalue weighted by Gasteiger charge is 2.57. The predicted molar refractivity (Wildman–Crippen MR) is 79.2 cm³/mol. The number of carbonyl (C=O) groups excluding carboxylic acids is 2. The van der Waals surface area contributed by atoms with Gasteiger partial charge >= 0.3 is 0 Å². The van der Waals surface area contributed by atoms with Crippen molar-refractivity contribution in [2.45, 2.75) is 58.8 Å². The zero-order valence-electron chi connectivity index (χ0n) is 12.9. The number of nitrogens with zero attached hydrogens (tertiary/aromatic N) is 1. The molecule has 0 aromatic rings. The molecule has 0 radical (unpaired) electrons. The molecule has 2 amide bonds. The topological polar surface area (TPSA) is 49.4 Å². The van der Waals surface area contributed by atoms with Gasteiger partial charge in [-0.15, -0.1) is 0 Å². The lowest BCUT2D eigenvalue weighted by molar-refractivity contribution is -0.145. The Balaban J connectivity index is 1.83. The van der Waals surface area contributed by atoms with Crippen molar-refractivity contribution in [3.05, 3.63) is 0 Å². The Labute approximate surface area is 122 Å². The second-order valence-electron chi connectivity index (χ2n) is 6.52. The minimum absolute atomic E-state index is 0.0303. The smallest absolute Gasteiger partial charge is 0.238 e. The van der Waals surface area contributed by atoms with E-state index in [2.05, 4.69) is 19.2 Å². The standard InChI is InChI=1S/C16H28N2O2/c1-3-4-5-10-17-14(19)16(8-9-16)15(20)18-11-6-13(2)7-12-18/h13H,3-12H2,1-2H3,(H,17,19). The highest BCUT2D eigenvalue weighted by Crippen LogP contribution is 2.48. The summed E-state index contributed by atoms with van der Waals surface area (Å²) in [6, 6.07) is 0. The van der Waals surface area contributed by atoms with Crippen molar-refractivity contribution in [3.8, 4) is 0 Å². The Morgan fingerprint density at radius 2 is 1.85 bits per heavy atom. The highest BCUT2D eigenvalue weighted by atomic mass is 16.2. The maximum absolute atomic E-state index is 12.6. The normalized spacial score (nSPS) is 21.6. The first-order valence-electron chi connectivity index (χ1n) is 8.18. The zero-order chi connectivity index (χ0) is 14.6. The molecule has 2 rings (SSSR count). The summed E-state index contributed by atoms with van der Waals surface area (Å²) < 4.78 is 0. The first-order chi connectivity index (χ1) is 9.60. The van der Waals surface area contributed by atoms with Crippen LogP contribution in [0.2, 0.25) is 0 Å². The molecule has 0 aromatic carbocycles. The number of hydrogen-bond acceptors (Lipinski definition) is 2. The van der Waals surface area contributed by atoms with E-state index >= 15 is 0 Å². The summed E-state index contributed by atoms with van der Waals surface area (Å²) in [5.41, 5.74) is -0.702. The Bertz CT molecular complexity index is 355. The number of nitrogens with one attached hydrogen (secondary N) is 1. The van der Waals surface area contributed by atoms with E-state index in [1.165, 1.54) is 0 Å². The molecule has 0 spiro atoms. The molecule has 1 aliphatic heterocycles. The molecule has 1 heterocycles. The summed E-state index contributed by atoms with van der Waals surface area (Å²) in [5, 5.41) is 2.96. The lowest BCUT2D eigenvalue weighted by Gasteiger charge is -2.32. The molecule has 0 aromatic heterocycles. The predicted octanol–water partition coefficient (Wildman–Crippen LogP) is 2.33. The number of unbranched alkanes of at least 4 members (excludes halogenated alkanes) is 2. The first kappa shape index (κ1) is 15.3. The molecule has 1 saturated carbocycles. The monoisotopic (exact) mass is 280 g/mol. The molecule has 0 atom stereocenters. The van der Waals surface area contributed by atoms with Gasteiger partial charge in [-0.25, -0.2) is 0 Å². The highest BCUT2D eigenvalue weighted by molar-refractivity contribution is 6.07. The van der Waals surface area contributed by atoms with Crippen molar-refractivity contribution in [1.82, 2.24) is 10.2 Å². The van der Waals surface area contributed by atoms with Crippen LogP contribution in [0.1, 0.15) is 58.8 Å². The van der Waals surface area contributed by atoms with Crippen molar-refractivity contribution < 1.29 is 9.59 Å². The van der Waals surface area contributed by atoms with Crippen molar-refractivity contribution in [2.24, 2.45) is 11.3 Å². The number of piperidine rings is 1. The molecule has 4 heteroatoms. The van der Waals surface area contributed by atoms with Gasteiger partial charge in [0.2, 0.25) is 11.8 Å². The van der Waals surface area contributed by atoms with Gasteiger partial charge in [0.15, 0.2) is 0 Å². The fraction of sp³-hybridized carbons (Fsp3) is 0.875. The lowest BCUT2D eigenvalue weighted by atomic mass is 9.96. The molecular weight excluding hydrogens is 252 g/mol. The SMILES string of the molecule is CCCCCNC(=O)C1(C(=O)N2CCC(C)CC2)CC1. The molecule has 4 nitrogen and oxygen atoms in total. The Morgan fingerprint density at radius 1 is 1.20 bits per heavy atom. The van der Waals surface area contributed by atoms with Crippen LogP contribution in [0, 0.1) is 11.3 Å². The van der Waals surface area contributed by atoms with E-state index in [1.54, 1.807) is 0 Å². The largest absolute Gasteiger partial charge is 0.355 e. The van der Waals surface area contributed by atoms with Crippen LogP contribution in [0.5, 0.6) is 0 Å². The van der Waals surface area contributed by atoms with Gasteiger partial charge in [-0.2, -0.15) is 0 Å². The average molecular weight is 280 g/mol. The van der Waals surface area contributed by atoms with E-state index in [4.69, 9.17) is 0 Å². The van der Waals surface area contributed by atoms with Gasteiger partial charge < -0.3 is 10.2 Å². The molecule has 114 valence electrons. The van der Waals surface area contributed by atoms with E-state index < -0.39 is 5.41 Å². The summed E-state index contributed by atoms with van der Waals surface area (Å²) in [6.07, 6.45) is 6.89. The second-order valence-corrected chi connectivity index (χ2v) is 6.52. The van der Waals surface area contributed by atoms with Crippen LogP contribution in [-0.4, -0.2) is 36.3 Å². The fourth-order valence-corrected chi connectivity index (χ4v) is 2.92. The van der Waals surface area contributed by atoms with Crippen molar-refractivity contribution in [2.75, 3.05) is 19.6 Å². The minimum atomic E-state index is -0.702. The van der Waals surface area contributed by atoms with Crippen LogP contribution in [0.25, 0.3) is 0 Å². The number of rotatable bonds is 6. The number of hydrogen-bond donors (Lipinski definition) is 1. The average Bonchev–Trinajstić information content (AvgIpc) is 3.25. The maximum Gasteiger partial charge on any atom is 0.238 e. The maximum atomic E-state index is 12.6. The molecule has 1 aliphatic carbocycles. The third-order valence-electron chi connectivity index (χ3n) is 4.73.